The summed E-state index contributed by atoms with van der Waals surface area (Å²) < 4.78 is 41.9. The predicted molar refractivity (Wildman–Crippen MR) is 81.8 cm³/mol. The molecule has 0 saturated heterocycles. The van der Waals surface area contributed by atoms with Gasteiger partial charge >= 0.3 is 0 Å². The molecule has 0 heterocycles. The first-order valence-corrected chi connectivity index (χ1v) is 8.59. The average Bonchev–Trinajstić information content (AvgIpc) is 2.42. The van der Waals surface area contributed by atoms with Crippen molar-refractivity contribution in [2.24, 2.45) is 0 Å². The monoisotopic (exact) mass is 332 g/mol. The van der Waals surface area contributed by atoms with Gasteiger partial charge < -0.3 is 10.1 Å². The number of sulfonamides is 1. The molecule has 0 aliphatic rings. The van der Waals surface area contributed by atoms with Crippen LogP contribution in [0.4, 0.5) is 4.39 Å². The second-order valence-corrected chi connectivity index (χ2v) is 7.02. The molecule has 124 valence electrons. The number of amides is 1. The summed E-state index contributed by atoms with van der Waals surface area (Å²) in [6, 6.07) is 4.35. The summed E-state index contributed by atoms with van der Waals surface area (Å²) in [5.74, 6) is -0.623. The Kier molecular flexibility index (Phi) is 6.76. The van der Waals surface area contributed by atoms with Crippen molar-refractivity contribution in [3.05, 3.63) is 29.6 Å². The molecule has 0 bridgehead atoms. The summed E-state index contributed by atoms with van der Waals surface area (Å²) in [5, 5.41) is 2.67. The van der Waals surface area contributed by atoms with Crippen molar-refractivity contribution in [2.45, 2.75) is 12.8 Å². The van der Waals surface area contributed by atoms with Crippen molar-refractivity contribution >= 4 is 15.9 Å². The molecule has 1 amide bonds. The molecule has 0 aliphatic carbocycles. The fraction of sp³-hybridized carbons (Fsp3) is 0.500. The summed E-state index contributed by atoms with van der Waals surface area (Å²) in [7, 11) is -0.340. The van der Waals surface area contributed by atoms with E-state index in [9.17, 15) is 17.6 Å². The minimum atomic E-state index is -3.20. The summed E-state index contributed by atoms with van der Waals surface area (Å²) in [4.78, 5) is 11.7. The van der Waals surface area contributed by atoms with Crippen molar-refractivity contribution in [3.8, 4) is 5.75 Å². The molecule has 0 aromatic heterocycles. The fourth-order valence-electron chi connectivity index (χ4n) is 1.76. The summed E-state index contributed by atoms with van der Waals surface area (Å²) in [6.07, 6.45) is 1.69. The number of rotatable bonds is 8. The molecule has 6 nitrogen and oxygen atoms in total. The Morgan fingerprint density at radius 1 is 1.41 bits per heavy atom. The second-order valence-electron chi connectivity index (χ2n) is 4.93. The highest BCUT2D eigenvalue weighted by atomic mass is 32.2. The average molecular weight is 332 g/mol. The molecule has 0 fully saturated rings. The van der Waals surface area contributed by atoms with Gasteiger partial charge in [0, 0.05) is 20.1 Å². The standard InChI is InChI=1S/C14H21FN2O4S/c1-17(22(3,19)20)8-4-7-16-14(18)10-11-5-6-13(21-2)12(15)9-11/h5-6,9H,4,7-8,10H2,1-3H3,(H,16,18). The zero-order valence-electron chi connectivity index (χ0n) is 12.9. The number of carbonyl (C=O) groups is 1. The molecule has 1 aromatic rings. The van der Waals surface area contributed by atoms with Crippen LogP contribution >= 0.6 is 0 Å². The third-order valence-electron chi connectivity index (χ3n) is 3.12. The zero-order valence-corrected chi connectivity index (χ0v) is 13.7. The number of carbonyl (C=O) groups excluding carboxylic acids is 1. The van der Waals surface area contributed by atoms with E-state index < -0.39 is 15.8 Å². The Morgan fingerprint density at radius 2 is 2.09 bits per heavy atom. The van der Waals surface area contributed by atoms with Crippen molar-refractivity contribution in [3.63, 3.8) is 0 Å². The molecular weight excluding hydrogens is 311 g/mol. The summed E-state index contributed by atoms with van der Waals surface area (Å²) in [5.41, 5.74) is 0.545. The first-order valence-electron chi connectivity index (χ1n) is 6.74. The van der Waals surface area contributed by atoms with E-state index in [-0.39, 0.29) is 18.1 Å². The van der Waals surface area contributed by atoms with Gasteiger partial charge in [-0.25, -0.2) is 17.1 Å². The highest BCUT2D eigenvalue weighted by Gasteiger charge is 2.10. The smallest absolute Gasteiger partial charge is 0.224 e. The predicted octanol–water partition coefficient (Wildman–Crippen LogP) is 0.775. The number of benzene rings is 1. The quantitative estimate of drug-likeness (QED) is 0.714. The molecule has 22 heavy (non-hydrogen) atoms. The molecule has 1 rings (SSSR count). The summed E-state index contributed by atoms with van der Waals surface area (Å²) in [6.45, 7) is 0.688. The Bertz CT molecular complexity index is 619. The van der Waals surface area contributed by atoms with E-state index in [1.807, 2.05) is 0 Å². The first-order chi connectivity index (χ1) is 10.2. The van der Waals surface area contributed by atoms with Crippen LogP contribution in [0.1, 0.15) is 12.0 Å². The van der Waals surface area contributed by atoms with E-state index in [4.69, 9.17) is 4.74 Å². The first kappa shape index (κ1) is 18.4. The molecule has 1 aromatic carbocycles. The van der Waals surface area contributed by atoms with Crippen molar-refractivity contribution < 1.29 is 22.3 Å². The van der Waals surface area contributed by atoms with Gasteiger partial charge in [-0.1, -0.05) is 6.07 Å². The minimum absolute atomic E-state index is 0.0584. The molecule has 0 atom stereocenters. The van der Waals surface area contributed by atoms with Crippen LogP contribution in [0, 0.1) is 5.82 Å². The Balaban J connectivity index is 2.36. The number of nitrogens with zero attached hydrogens (tertiary/aromatic N) is 1. The van der Waals surface area contributed by atoms with Crippen LogP contribution in [0.15, 0.2) is 18.2 Å². The van der Waals surface area contributed by atoms with Gasteiger partial charge in [0.25, 0.3) is 0 Å². The van der Waals surface area contributed by atoms with Gasteiger partial charge in [-0.3, -0.25) is 4.79 Å². The Hall–Kier alpha value is -1.67. The van der Waals surface area contributed by atoms with Gasteiger partial charge in [-0.2, -0.15) is 0 Å². The van der Waals surface area contributed by atoms with Gasteiger partial charge in [0.2, 0.25) is 15.9 Å². The highest BCUT2D eigenvalue weighted by Crippen LogP contribution is 2.17. The van der Waals surface area contributed by atoms with Gasteiger partial charge in [0.05, 0.1) is 19.8 Å². The molecule has 0 aliphatic heterocycles. The lowest BCUT2D eigenvalue weighted by atomic mass is 10.1. The number of halogens is 1. The van der Waals surface area contributed by atoms with Crippen LogP contribution in [-0.2, 0) is 21.2 Å². The van der Waals surface area contributed by atoms with Gasteiger partial charge in [0.1, 0.15) is 0 Å². The van der Waals surface area contributed by atoms with E-state index in [0.717, 1.165) is 6.26 Å². The normalized spacial score (nSPS) is 11.5. The number of hydrogen-bond acceptors (Lipinski definition) is 4. The van der Waals surface area contributed by atoms with Gasteiger partial charge in [0.15, 0.2) is 11.6 Å². The number of ether oxygens (including phenoxy) is 1. The van der Waals surface area contributed by atoms with Crippen LogP contribution in [0.3, 0.4) is 0 Å². The maximum absolute atomic E-state index is 13.5. The van der Waals surface area contributed by atoms with E-state index in [0.29, 0.717) is 25.1 Å². The van der Waals surface area contributed by atoms with Crippen molar-refractivity contribution in [1.29, 1.82) is 0 Å². The third-order valence-corrected chi connectivity index (χ3v) is 4.43. The van der Waals surface area contributed by atoms with Gasteiger partial charge in [-0.15, -0.1) is 0 Å². The lowest BCUT2D eigenvalue weighted by Gasteiger charge is -2.13. The fourth-order valence-corrected chi connectivity index (χ4v) is 2.22. The zero-order chi connectivity index (χ0) is 16.8. The van der Waals surface area contributed by atoms with Crippen LogP contribution in [0.2, 0.25) is 0 Å². The largest absolute Gasteiger partial charge is 0.494 e. The highest BCUT2D eigenvalue weighted by molar-refractivity contribution is 7.88. The van der Waals surface area contributed by atoms with Gasteiger partial charge in [-0.05, 0) is 24.1 Å². The minimum Gasteiger partial charge on any atom is -0.494 e. The Labute approximate surface area is 130 Å². The van der Waals surface area contributed by atoms with Crippen LogP contribution in [0.5, 0.6) is 5.75 Å². The van der Waals surface area contributed by atoms with E-state index in [1.165, 1.54) is 30.6 Å². The molecular formula is C14H21FN2O4S. The van der Waals surface area contributed by atoms with E-state index in [2.05, 4.69) is 5.32 Å². The van der Waals surface area contributed by atoms with E-state index in [1.54, 1.807) is 6.07 Å². The third kappa shape index (κ3) is 5.98. The lowest BCUT2D eigenvalue weighted by Crippen LogP contribution is -2.31. The second kappa shape index (κ2) is 8.09. The van der Waals surface area contributed by atoms with Crippen molar-refractivity contribution in [2.75, 3.05) is 33.5 Å². The molecule has 0 radical (unpaired) electrons. The number of methoxy groups -OCH3 is 1. The molecule has 0 unspecified atom stereocenters. The lowest BCUT2D eigenvalue weighted by molar-refractivity contribution is -0.120. The topological polar surface area (TPSA) is 75.7 Å². The van der Waals surface area contributed by atoms with E-state index >= 15 is 0 Å². The van der Waals surface area contributed by atoms with Crippen LogP contribution in [-0.4, -0.2) is 52.1 Å². The number of hydrogen-bond donors (Lipinski definition) is 1. The molecule has 0 saturated carbocycles. The van der Waals surface area contributed by atoms with Crippen LogP contribution < -0.4 is 10.1 Å². The maximum atomic E-state index is 13.5. The Morgan fingerprint density at radius 3 is 2.64 bits per heavy atom. The maximum Gasteiger partial charge on any atom is 0.224 e. The number of nitrogens with one attached hydrogen (secondary N) is 1. The molecule has 0 spiro atoms. The summed E-state index contributed by atoms with van der Waals surface area (Å²) >= 11 is 0. The van der Waals surface area contributed by atoms with Crippen molar-refractivity contribution in [1.82, 2.24) is 9.62 Å². The SMILES string of the molecule is COc1ccc(CC(=O)NCCCN(C)S(C)(=O)=O)cc1F. The molecule has 1 N–H and O–H groups in total. The molecule has 8 heteroatoms. The van der Waals surface area contributed by atoms with Crippen LogP contribution in [0.25, 0.3) is 0 Å².